The molecule has 0 fully saturated rings. The molecule has 0 radical (unpaired) electrons. The Labute approximate surface area is 136 Å². The quantitative estimate of drug-likeness (QED) is 0.348. The summed E-state index contributed by atoms with van der Waals surface area (Å²) >= 11 is 15.2. The molecule has 0 aromatic heterocycles. The Morgan fingerprint density at radius 1 is 1.11 bits per heavy atom. The molecular weight excluding hydrogens is 374 g/mol. The molecule has 0 saturated carbocycles. The highest BCUT2D eigenvalue weighted by molar-refractivity contribution is 9.09. The van der Waals surface area contributed by atoms with E-state index in [-0.39, 0.29) is 16.2 Å². The first-order valence-corrected chi connectivity index (χ1v) is 9.45. The van der Waals surface area contributed by atoms with Crippen molar-refractivity contribution in [2.75, 3.05) is 25.2 Å². The van der Waals surface area contributed by atoms with Crippen molar-refractivity contribution in [3.05, 3.63) is 0 Å². The molecule has 0 spiro atoms. The van der Waals surface area contributed by atoms with E-state index in [1.165, 1.54) is 0 Å². The van der Waals surface area contributed by atoms with Gasteiger partial charge in [0.15, 0.2) is 0 Å². The molecule has 0 saturated heterocycles. The van der Waals surface area contributed by atoms with Crippen molar-refractivity contribution >= 4 is 47.7 Å². The zero-order valence-corrected chi connectivity index (χ0v) is 16.0. The van der Waals surface area contributed by atoms with Crippen LogP contribution in [-0.2, 0) is 13.6 Å². The lowest BCUT2D eigenvalue weighted by Crippen LogP contribution is -2.23. The lowest BCUT2D eigenvalue weighted by atomic mass is 9.92. The summed E-state index contributed by atoms with van der Waals surface area (Å²) in [4.78, 5) is 0. The third kappa shape index (κ3) is 10.7. The van der Waals surface area contributed by atoms with Gasteiger partial charge in [0.2, 0.25) is 0 Å². The summed E-state index contributed by atoms with van der Waals surface area (Å²) in [5.41, 5.74) is 0.0759. The standard InChI is InChI=1S/C12H24BrCl2O3P/c1-5-12(4,8-13)9-18-19(16-6-10(2)14)17-7-11(3)15/h10-11H,5-9H2,1-4H3. The van der Waals surface area contributed by atoms with Crippen LogP contribution < -0.4 is 0 Å². The smallest absolute Gasteiger partial charge is 0.312 e. The molecule has 3 unspecified atom stereocenters. The minimum Gasteiger partial charge on any atom is -0.312 e. The summed E-state index contributed by atoms with van der Waals surface area (Å²) < 4.78 is 16.9. The fraction of sp³-hybridized carbons (Fsp3) is 1.00. The van der Waals surface area contributed by atoms with Crippen LogP contribution in [-0.4, -0.2) is 35.9 Å². The third-order valence-electron chi connectivity index (χ3n) is 2.51. The maximum atomic E-state index is 5.87. The molecule has 0 aliphatic heterocycles. The Hall–Kier alpha value is 1.37. The fourth-order valence-corrected chi connectivity index (χ4v) is 3.07. The van der Waals surface area contributed by atoms with Gasteiger partial charge in [-0.2, -0.15) is 0 Å². The largest absolute Gasteiger partial charge is 0.332 e. The molecule has 0 amide bonds. The first kappa shape index (κ1) is 20.4. The molecule has 3 nitrogen and oxygen atoms in total. The van der Waals surface area contributed by atoms with E-state index >= 15 is 0 Å². The van der Waals surface area contributed by atoms with Gasteiger partial charge >= 0.3 is 8.60 Å². The first-order valence-electron chi connectivity index (χ1n) is 6.36. The predicted octanol–water partition coefficient (Wildman–Crippen LogP) is 5.33. The Morgan fingerprint density at radius 3 is 1.89 bits per heavy atom. The normalized spacial score (nSPS) is 19.7. The lowest BCUT2D eigenvalue weighted by molar-refractivity contribution is 0.117. The van der Waals surface area contributed by atoms with Gasteiger partial charge in [0.1, 0.15) is 0 Å². The van der Waals surface area contributed by atoms with Gasteiger partial charge in [-0.15, -0.1) is 23.2 Å². The van der Waals surface area contributed by atoms with E-state index in [0.29, 0.717) is 19.8 Å². The van der Waals surface area contributed by atoms with Gasteiger partial charge in [-0.25, -0.2) is 0 Å². The van der Waals surface area contributed by atoms with Gasteiger partial charge in [0.25, 0.3) is 0 Å². The van der Waals surface area contributed by atoms with Crippen LogP contribution in [0.25, 0.3) is 0 Å². The number of hydrogen-bond donors (Lipinski definition) is 0. The molecule has 3 atom stereocenters. The minimum atomic E-state index is -1.39. The highest BCUT2D eigenvalue weighted by atomic mass is 79.9. The summed E-state index contributed by atoms with van der Waals surface area (Å²) in [6.07, 6.45) is 1.01. The summed E-state index contributed by atoms with van der Waals surface area (Å²) in [6, 6.07) is 0. The molecule has 0 aromatic carbocycles. The molecule has 7 heteroatoms. The van der Waals surface area contributed by atoms with E-state index < -0.39 is 8.60 Å². The second-order valence-corrected chi connectivity index (χ2v) is 8.22. The summed E-state index contributed by atoms with van der Waals surface area (Å²) in [5.74, 6) is 0. The molecular formula is C12H24BrCl2O3P. The zero-order chi connectivity index (χ0) is 14.9. The Morgan fingerprint density at radius 2 is 1.58 bits per heavy atom. The molecule has 19 heavy (non-hydrogen) atoms. The van der Waals surface area contributed by atoms with Crippen LogP contribution >= 0.6 is 47.7 Å². The van der Waals surface area contributed by atoms with Crippen LogP contribution in [0.1, 0.15) is 34.1 Å². The number of rotatable bonds is 11. The van der Waals surface area contributed by atoms with Crippen molar-refractivity contribution < 1.29 is 13.6 Å². The maximum Gasteiger partial charge on any atom is 0.332 e. The first-order chi connectivity index (χ1) is 8.83. The average Bonchev–Trinajstić information content (AvgIpc) is 2.37. The lowest BCUT2D eigenvalue weighted by Gasteiger charge is -2.27. The van der Waals surface area contributed by atoms with Crippen LogP contribution in [0, 0.1) is 5.41 Å². The molecule has 116 valence electrons. The van der Waals surface area contributed by atoms with Gasteiger partial charge in [-0.05, 0) is 20.3 Å². The molecule has 0 aromatic rings. The molecule has 0 aliphatic rings. The van der Waals surface area contributed by atoms with E-state index in [1.807, 2.05) is 13.8 Å². The highest BCUT2D eigenvalue weighted by Crippen LogP contribution is 2.42. The predicted molar refractivity (Wildman–Crippen MR) is 87.6 cm³/mol. The summed E-state index contributed by atoms with van der Waals surface area (Å²) in [5, 5.41) is 0.732. The fourth-order valence-electron chi connectivity index (χ4n) is 0.883. The SMILES string of the molecule is CCC(C)(CBr)COP(OCC(C)Cl)OCC(C)Cl. The second-order valence-electron chi connectivity index (χ2n) is 4.95. The molecule has 0 bridgehead atoms. The van der Waals surface area contributed by atoms with E-state index in [0.717, 1.165) is 11.8 Å². The number of halogens is 3. The Balaban J connectivity index is 4.23. The maximum absolute atomic E-state index is 5.87. The third-order valence-corrected chi connectivity index (χ3v) is 5.18. The van der Waals surface area contributed by atoms with Gasteiger partial charge in [0.05, 0.1) is 30.6 Å². The Bertz CT molecular complexity index is 217. The number of alkyl halides is 3. The summed E-state index contributed by atoms with van der Waals surface area (Å²) in [6.45, 7) is 9.41. The monoisotopic (exact) mass is 396 g/mol. The summed E-state index contributed by atoms with van der Waals surface area (Å²) in [7, 11) is -1.39. The molecule has 0 N–H and O–H groups in total. The van der Waals surface area contributed by atoms with Crippen molar-refractivity contribution in [3.63, 3.8) is 0 Å². The molecule has 0 aliphatic carbocycles. The van der Waals surface area contributed by atoms with E-state index in [2.05, 4.69) is 29.8 Å². The van der Waals surface area contributed by atoms with Crippen LogP contribution in [0.5, 0.6) is 0 Å². The van der Waals surface area contributed by atoms with E-state index in [4.69, 9.17) is 36.8 Å². The van der Waals surface area contributed by atoms with Gasteiger partial charge in [-0.1, -0.05) is 29.8 Å². The van der Waals surface area contributed by atoms with Crippen LogP contribution in [0.15, 0.2) is 0 Å². The number of hydrogen-bond acceptors (Lipinski definition) is 3. The topological polar surface area (TPSA) is 27.7 Å². The van der Waals surface area contributed by atoms with Gasteiger partial charge in [-0.3, -0.25) is 0 Å². The Kier molecular flexibility index (Phi) is 11.8. The average molecular weight is 398 g/mol. The van der Waals surface area contributed by atoms with E-state index in [9.17, 15) is 0 Å². The van der Waals surface area contributed by atoms with Crippen molar-refractivity contribution in [2.45, 2.75) is 44.9 Å². The zero-order valence-electron chi connectivity index (χ0n) is 12.0. The van der Waals surface area contributed by atoms with Gasteiger partial charge < -0.3 is 13.6 Å². The van der Waals surface area contributed by atoms with Crippen molar-refractivity contribution in [2.24, 2.45) is 5.41 Å². The van der Waals surface area contributed by atoms with E-state index in [1.54, 1.807) is 0 Å². The minimum absolute atomic E-state index is 0.0700. The van der Waals surface area contributed by atoms with Crippen molar-refractivity contribution in [1.82, 2.24) is 0 Å². The highest BCUT2D eigenvalue weighted by Gasteiger charge is 2.25. The van der Waals surface area contributed by atoms with Crippen LogP contribution in [0.3, 0.4) is 0 Å². The van der Waals surface area contributed by atoms with Crippen molar-refractivity contribution in [3.8, 4) is 0 Å². The molecule has 0 heterocycles. The van der Waals surface area contributed by atoms with Crippen LogP contribution in [0.2, 0.25) is 0 Å². The van der Waals surface area contributed by atoms with Gasteiger partial charge in [0, 0.05) is 10.7 Å². The van der Waals surface area contributed by atoms with Crippen molar-refractivity contribution in [1.29, 1.82) is 0 Å². The molecule has 0 rings (SSSR count). The second kappa shape index (κ2) is 11.0. The van der Waals surface area contributed by atoms with Crippen LogP contribution in [0.4, 0.5) is 0 Å².